The molecule has 3 rings (SSSR count). The summed E-state index contributed by atoms with van der Waals surface area (Å²) in [6, 6.07) is 15.4. The van der Waals surface area contributed by atoms with Crippen LogP contribution in [0.1, 0.15) is 43.1 Å². The van der Waals surface area contributed by atoms with Crippen molar-refractivity contribution in [1.82, 2.24) is 15.1 Å². The van der Waals surface area contributed by atoms with E-state index in [0.717, 1.165) is 19.5 Å². The molecule has 3 atom stereocenters. The first-order chi connectivity index (χ1) is 17.3. The van der Waals surface area contributed by atoms with E-state index >= 15 is 0 Å². The normalized spacial score (nSPS) is 21.5. The van der Waals surface area contributed by atoms with Gasteiger partial charge >= 0.3 is 6.03 Å². The van der Waals surface area contributed by atoms with E-state index in [2.05, 4.69) is 53.6 Å². The molecule has 0 saturated heterocycles. The number of nitrogens with zero attached hydrogens (tertiary/aromatic N) is 2. The molecule has 36 heavy (non-hydrogen) atoms. The van der Waals surface area contributed by atoms with E-state index in [-0.39, 0.29) is 30.0 Å². The lowest BCUT2D eigenvalue weighted by Crippen LogP contribution is -2.46. The van der Waals surface area contributed by atoms with Crippen molar-refractivity contribution in [2.75, 3.05) is 45.7 Å². The van der Waals surface area contributed by atoms with E-state index in [1.54, 1.807) is 37.3 Å². The van der Waals surface area contributed by atoms with Crippen LogP contribution in [0.3, 0.4) is 0 Å². The molecule has 0 radical (unpaired) electrons. The van der Waals surface area contributed by atoms with Crippen molar-refractivity contribution in [3.05, 3.63) is 59.7 Å². The number of likely N-dealkylation sites (N-methyl/N-ethyl adjacent to an activating group) is 1. The number of hydrogen-bond acceptors (Lipinski definition) is 5. The molecule has 1 aliphatic heterocycles. The van der Waals surface area contributed by atoms with Gasteiger partial charge in [-0.3, -0.25) is 9.69 Å². The van der Waals surface area contributed by atoms with Crippen LogP contribution in [0, 0.1) is 5.92 Å². The number of carbonyl (C=O) groups excluding carboxylic acids is 2. The summed E-state index contributed by atoms with van der Waals surface area (Å²) in [4.78, 5) is 29.7. The lowest BCUT2D eigenvalue weighted by molar-refractivity contribution is 0.00921. The van der Waals surface area contributed by atoms with E-state index in [4.69, 9.17) is 9.47 Å². The van der Waals surface area contributed by atoms with Crippen molar-refractivity contribution in [3.8, 4) is 5.75 Å². The van der Waals surface area contributed by atoms with Gasteiger partial charge in [-0.05, 0) is 43.0 Å². The van der Waals surface area contributed by atoms with Gasteiger partial charge < -0.3 is 25.0 Å². The van der Waals surface area contributed by atoms with Crippen LogP contribution in [0.4, 0.5) is 10.5 Å². The third-order valence-corrected chi connectivity index (χ3v) is 6.60. The number of anilines is 1. The summed E-state index contributed by atoms with van der Waals surface area (Å²) >= 11 is 0. The Morgan fingerprint density at radius 1 is 1.14 bits per heavy atom. The number of carbonyl (C=O) groups is 2. The monoisotopic (exact) mass is 496 g/mol. The van der Waals surface area contributed by atoms with Crippen molar-refractivity contribution in [1.29, 1.82) is 0 Å². The molecule has 8 heteroatoms. The van der Waals surface area contributed by atoms with E-state index in [0.29, 0.717) is 36.7 Å². The molecule has 1 aliphatic rings. The summed E-state index contributed by atoms with van der Waals surface area (Å²) in [6.45, 7) is 9.34. The van der Waals surface area contributed by atoms with Gasteiger partial charge in [-0.2, -0.15) is 0 Å². The number of nitrogens with one attached hydrogen (secondary N) is 2. The van der Waals surface area contributed by atoms with Crippen molar-refractivity contribution in [2.24, 2.45) is 5.92 Å². The number of hydrogen-bond donors (Lipinski definition) is 2. The standard InChI is InChI=1S/C28H40N4O4/c1-6-14-29-28(34)30-23-12-13-25-24(15-23)27(33)31(4)18-26(35-5)20(2)16-32(21(3)19-36-25)17-22-10-8-7-9-11-22/h7-13,15,20-21,26H,6,14,16-19H2,1-5H3,(H2,29,30,34)/t20-,21+,26-/m1/s1. The highest BCUT2D eigenvalue weighted by Crippen LogP contribution is 2.27. The fraction of sp³-hybridized carbons (Fsp3) is 0.500. The predicted octanol–water partition coefficient (Wildman–Crippen LogP) is 4.22. The van der Waals surface area contributed by atoms with Crippen LogP contribution in [0.25, 0.3) is 0 Å². The number of ether oxygens (including phenoxy) is 2. The molecule has 0 aliphatic carbocycles. The summed E-state index contributed by atoms with van der Waals surface area (Å²) in [7, 11) is 3.47. The van der Waals surface area contributed by atoms with Crippen molar-refractivity contribution < 1.29 is 19.1 Å². The van der Waals surface area contributed by atoms with Crippen LogP contribution in [-0.4, -0.2) is 74.3 Å². The number of urea groups is 1. The molecule has 1 heterocycles. The molecule has 0 saturated carbocycles. The van der Waals surface area contributed by atoms with Crippen LogP contribution in [0.5, 0.6) is 5.75 Å². The molecule has 2 N–H and O–H groups in total. The molecule has 0 fully saturated rings. The van der Waals surface area contributed by atoms with Crippen LogP contribution >= 0.6 is 0 Å². The van der Waals surface area contributed by atoms with E-state index in [1.807, 2.05) is 13.0 Å². The summed E-state index contributed by atoms with van der Waals surface area (Å²) < 4.78 is 12.1. The Morgan fingerprint density at radius 2 is 1.89 bits per heavy atom. The summed E-state index contributed by atoms with van der Waals surface area (Å²) in [6.07, 6.45) is 0.710. The van der Waals surface area contributed by atoms with Gasteiger partial charge in [0, 0.05) is 52.1 Å². The zero-order chi connectivity index (χ0) is 26.1. The van der Waals surface area contributed by atoms with Crippen molar-refractivity contribution in [2.45, 2.75) is 45.9 Å². The average Bonchev–Trinajstić information content (AvgIpc) is 2.88. The molecule has 0 bridgehead atoms. The Balaban J connectivity index is 1.89. The van der Waals surface area contributed by atoms with Gasteiger partial charge in [-0.15, -0.1) is 0 Å². The molecule has 0 spiro atoms. The molecule has 196 valence electrons. The van der Waals surface area contributed by atoms with E-state index < -0.39 is 0 Å². The molecule has 0 unspecified atom stereocenters. The summed E-state index contributed by atoms with van der Waals surface area (Å²) in [5, 5.41) is 5.60. The van der Waals surface area contributed by atoms with Crippen molar-refractivity contribution in [3.63, 3.8) is 0 Å². The van der Waals surface area contributed by atoms with Crippen LogP contribution in [-0.2, 0) is 11.3 Å². The smallest absolute Gasteiger partial charge is 0.319 e. The topological polar surface area (TPSA) is 83.1 Å². The largest absolute Gasteiger partial charge is 0.491 e. The van der Waals surface area contributed by atoms with Gasteiger partial charge in [0.25, 0.3) is 5.91 Å². The average molecular weight is 497 g/mol. The second kappa shape index (κ2) is 13.3. The minimum absolute atomic E-state index is 0.0999. The number of methoxy groups -OCH3 is 1. The minimum Gasteiger partial charge on any atom is -0.491 e. The maximum absolute atomic E-state index is 13.5. The molecular weight excluding hydrogens is 456 g/mol. The Labute approximate surface area is 214 Å². The molecule has 3 amide bonds. The maximum atomic E-state index is 13.5. The molecule has 2 aromatic carbocycles. The summed E-state index contributed by atoms with van der Waals surface area (Å²) in [5.41, 5.74) is 2.19. The third kappa shape index (κ3) is 7.45. The van der Waals surface area contributed by atoms with E-state index in [9.17, 15) is 9.59 Å². The highest BCUT2D eigenvalue weighted by Gasteiger charge is 2.28. The number of fused-ring (bicyclic) bond motifs is 1. The lowest BCUT2D eigenvalue weighted by Gasteiger charge is -2.36. The van der Waals surface area contributed by atoms with Gasteiger partial charge in [-0.1, -0.05) is 44.2 Å². The fourth-order valence-electron chi connectivity index (χ4n) is 4.38. The number of benzene rings is 2. The van der Waals surface area contributed by atoms with Gasteiger partial charge in [0.2, 0.25) is 0 Å². The SMILES string of the molecule is CCCNC(=O)Nc1ccc2c(c1)C(=O)N(C)C[C@@H](OC)[C@H](C)CN(Cc1ccccc1)[C@@H](C)CO2. The Kier molecular flexibility index (Phi) is 10.1. The third-order valence-electron chi connectivity index (χ3n) is 6.60. The lowest BCUT2D eigenvalue weighted by atomic mass is 10.0. The number of rotatable bonds is 6. The van der Waals surface area contributed by atoms with Crippen LogP contribution in [0.2, 0.25) is 0 Å². The van der Waals surface area contributed by atoms with Gasteiger partial charge in [0.05, 0.1) is 11.7 Å². The van der Waals surface area contributed by atoms with Gasteiger partial charge in [0.15, 0.2) is 0 Å². The van der Waals surface area contributed by atoms with Crippen LogP contribution < -0.4 is 15.4 Å². The van der Waals surface area contributed by atoms with Crippen molar-refractivity contribution >= 4 is 17.6 Å². The van der Waals surface area contributed by atoms with Gasteiger partial charge in [0.1, 0.15) is 12.4 Å². The van der Waals surface area contributed by atoms with E-state index in [1.165, 1.54) is 5.56 Å². The number of amides is 3. The molecule has 0 aromatic heterocycles. The highest BCUT2D eigenvalue weighted by molar-refractivity contribution is 5.99. The Hall–Kier alpha value is -3.10. The molecular formula is C28H40N4O4. The highest BCUT2D eigenvalue weighted by atomic mass is 16.5. The first kappa shape index (κ1) is 27.5. The Bertz CT molecular complexity index is 1000. The zero-order valence-corrected chi connectivity index (χ0v) is 22.1. The quantitative estimate of drug-likeness (QED) is 0.626. The maximum Gasteiger partial charge on any atom is 0.319 e. The zero-order valence-electron chi connectivity index (χ0n) is 22.1. The molecule has 2 aromatic rings. The van der Waals surface area contributed by atoms with Crippen LogP contribution in [0.15, 0.2) is 48.5 Å². The summed E-state index contributed by atoms with van der Waals surface area (Å²) in [5.74, 6) is 0.511. The second-order valence-electron chi connectivity index (χ2n) is 9.60. The Morgan fingerprint density at radius 3 is 2.58 bits per heavy atom. The minimum atomic E-state index is -0.301. The second-order valence-corrected chi connectivity index (χ2v) is 9.60. The molecule has 8 nitrogen and oxygen atoms in total. The first-order valence-electron chi connectivity index (χ1n) is 12.7. The predicted molar refractivity (Wildman–Crippen MR) is 142 cm³/mol. The fourth-order valence-corrected chi connectivity index (χ4v) is 4.38. The first-order valence-corrected chi connectivity index (χ1v) is 12.7. The van der Waals surface area contributed by atoms with Gasteiger partial charge in [-0.25, -0.2) is 4.79 Å².